The molecule has 0 aliphatic carbocycles. The molecule has 1 saturated heterocycles. The lowest BCUT2D eigenvalue weighted by Gasteiger charge is -2.00. The molecule has 11 heavy (non-hydrogen) atoms. The van der Waals surface area contributed by atoms with Crippen molar-refractivity contribution in [3.63, 3.8) is 0 Å². The van der Waals surface area contributed by atoms with Gasteiger partial charge in [-0.2, -0.15) is 0 Å². The molecule has 1 fully saturated rings. The number of nitrogens with one attached hydrogen (secondary N) is 1. The van der Waals surface area contributed by atoms with Crippen LogP contribution < -0.4 is 5.32 Å². The van der Waals surface area contributed by atoms with Gasteiger partial charge in [0.25, 0.3) is 0 Å². The van der Waals surface area contributed by atoms with Crippen LogP contribution >= 0.6 is 0 Å². The van der Waals surface area contributed by atoms with E-state index in [4.69, 9.17) is 7.85 Å². The summed E-state index contributed by atoms with van der Waals surface area (Å²) < 4.78 is 15.0. The van der Waals surface area contributed by atoms with Gasteiger partial charge in [0.1, 0.15) is 6.04 Å². The Balaban J connectivity index is 2.67. The van der Waals surface area contributed by atoms with Crippen LogP contribution in [0.25, 0.3) is 0 Å². The summed E-state index contributed by atoms with van der Waals surface area (Å²) in [5, 5.41) is 11.4. The molecule has 0 spiro atoms. The first-order valence-corrected chi connectivity index (χ1v) is 3.55. The fourth-order valence-corrected chi connectivity index (χ4v) is 1.15. The highest BCUT2D eigenvalue weighted by Crippen LogP contribution is 2.14. The molecule has 1 rings (SSSR count). The number of carboxylic acids is 1. The molecule has 0 aromatic rings. The van der Waals surface area contributed by atoms with E-state index in [1.165, 1.54) is 6.08 Å². The second kappa shape index (κ2) is 3.53. The minimum atomic E-state index is -0.926. The average molecular weight is 157 g/mol. The SMILES string of the molecule is [2H]/C(C)=C/[C@]1([2H])CN[C@H](C(=O)O)C1. The van der Waals surface area contributed by atoms with E-state index in [-0.39, 0.29) is 6.42 Å². The Labute approximate surface area is 68.9 Å². The predicted octanol–water partition coefficient (Wildman–Crippen LogP) is 0.625. The van der Waals surface area contributed by atoms with Crippen molar-refractivity contribution in [3.05, 3.63) is 12.1 Å². The number of hydrogen-bond donors (Lipinski definition) is 2. The van der Waals surface area contributed by atoms with E-state index in [1.807, 2.05) is 0 Å². The van der Waals surface area contributed by atoms with Gasteiger partial charge in [0.05, 0.1) is 1.37 Å². The quantitative estimate of drug-likeness (QED) is 0.578. The normalized spacial score (nSPS) is 41.5. The van der Waals surface area contributed by atoms with Crippen LogP contribution in [0.3, 0.4) is 0 Å². The molecular formula is C8H13NO2. The first kappa shape index (κ1) is 5.77. The third-order valence-corrected chi connectivity index (χ3v) is 1.69. The summed E-state index contributed by atoms with van der Waals surface area (Å²) in [6.45, 7) is 1.89. The number of rotatable bonds is 2. The van der Waals surface area contributed by atoms with Crippen molar-refractivity contribution in [3.8, 4) is 0 Å². The maximum atomic E-state index is 10.6. The molecule has 0 saturated carbocycles. The van der Waals surface area contributed by atoms with Crippen LogP contribution in [0.15, 0.2) is 12.1 Å². The lowest BCUT2D eigenvalue weighted by molar-refractivity contribution is -0.139. The van der Waals surface area contributed by atoms with E-state index in [2.05, 4.69) is 5.32 Å². The van der Waals surface area contributed by atoms with Gasteiger partial charge in [-0.1, -0.05) is 12.1 Å². The zero-order chi connectivity index (χ0) is 10.1. The van der Waals surface area contributed by atoms with Gasteiger partial charge in [-0.05, 0) is 19.2 Å². The Kier molecular flexibility index (Phi) is 1.85. The van der Waals surface area contributed by atoms with Crippen molar-refractivity contribution in [2.24, 2.45) is 5.89 Å². The Morgan fingerprint density at radius 3 is 3.18 bits per heavy atom. The minimum Gasteiger partial charge on any atom is -0.480 e. The van der Waals surface area contributed by atoms with Crippen LogP contribution in [0.2, 0.25) is 0 Å². The molecule has 0 bridgehead atoms. The molecule has 62 valence electrons. The fraction of sp³-hybridized carbons (Fsp3) is 0.625. The number of carbonyl (C=O) groups is 1. The molecule has 2 atom stereocenters. The lowest BCUT2D eigenvalue weighted by atomic mass is 10.1. The lowest BCUT2D eigenvalue weighted by Crippen LogP contribution is -2.29. The van der Waals surface area contributed by atoms with Gasteiger partial charge in [-0.15, -0.1) is 0 Å². The van der Waals surface area contributed by atoms with E-state index in [0.717, 1.165) is 0 Å². The van der Waals surface area contributed by atoms with Gasteiger partial charge >= 0.3 is 5.97 Å². The Morgan fingerprint density at radius 1 is 2.00 bits per heavy atom. The fourth-order valence-electron chi connectivity index (χ4n) is 1.15. The highest BCUT2D eigenvalue weighted by Gasteiger charge is 2.26. The number of hydrogen-bond acceptors (Lipinski definition) is 2. The van der Waals surface area contributed by atoms with Crippen LogP contribution in [0.4, 0.5) is 0 Å². The summed E-state index contributed by atoms with van der Waals surface area (Å²) in [5.74, 6) is -1.85. The molecule has 1 aliphatic heterocycles. The first-order valence-electron chi connectivity index (χ1n) is 4.55. The molecule has 3 heteroatoms. The topological polar surface area (TPSA) is 49.3 Å². The Bertz CT molecular complexity index is 251. The van der Waals surface area contributed by atoms with Gasteiger partial charge in [-0.25, -0.2) is 0 Å². The van der Waals surface area contributed by atoms with Crippen LogP contribution in [0.1, 0.15) is 16.1 Å². The van der Waals surface area contributed by atoms with E-state index >= 15 is 0 Å². The second-order valence-electron chi connectivity index (χ2n) is 2.57. The summed E-state index contributed by atoms with van der Waals surface area (Å²) in [6.07, 6.45) is 1.72. The summed E-state index contributed by atoms with van der Waals surface area (Å²) in [6, 6.07) is -0.337. The summed E-state index contributed by atoms with van der Waals surface area (Å²) >= 11 is 0. The summed E-state index contributed by atoms with van der Waals surface area (Å²) in [4.78, 5) is 10.6. The Morgan fingerprint density at radius 2 is 2.73 bits per heavy atom. The van der Waals surface area contributed by atoms with E-state index in [0.29, 0.717) is 12.6 Å². The molecule has 0 radical (unpaired) electrons. The zero-order valence-electron chi connectivity index (χ0n) is 8.42. The maximum absolute atomic E-state index is 10.6. The third-order valence-electron chi connectivity index (χ3n) is 1.69. The average Bonchev–Trinajstić information content (AvgIpc) is 2.29. The predicted molar refractivity (Wildman–Crippen MR) is 42.3 cm³/mol. The van der Waals surface area contributed by atoms with Crippen molar-refractivity contribution < 1.29 is 12.6 Å². The van der Waals surface area contributed by atoms with Gasteiger partial charge in [0.15, 0.2) is 0 Å². The largest absolute Gasteiger partial charge is 0.480 e. The monoisotopic (exact) mass is 157 g/mol. The van der Waals surface area contributed by atoms with E-state index in [9.17, 15) is 4.79 Å². The van der Waals surface area contributed by atoms with Crippen molar-refractivity contribution in [2.75, 3.05) is 6.54 Å². The molecule has 1 heterocycles. The molecule has 0 aromatic carbocycles. The van der Waals surface area contributed by atoms with Gasteiger partial charge in [0, 0.05) is 7.92 Å². The molecule has 3 nitrogen and oxygen atoms in total. The van der Waals surface area contributed by atoms with E-state index < -0.39 is 17.9 Å². The van der Waals surface area contributed by atoms with Crippen LogP contribution in [-0.2, 0) is 4.79 Å². The van der Waals surface area contributed by atoms with Crippen LogP contribution in [0.5, 0.6) is 0 Å². The van der Waals surface area contributed by atoms with Crippen LogP contribution in [0, 0.1) is 5.89 Å². The highest BCUT2D eigenvalue weighted by molar-refractivity contribution is 5.73. The van der Waals surface area contributed by atoms with Crippen molar-refractivity contribution in [2.45, 2.75) is 19.4 Å². The first-order chi connectivity index (χ1) is 5.93. The highest BCUT2D eigenvalue weighted by atomic mass is 16.4. The zero-order valence-corrected chi connectivity index (χ0v) is 6.42. The number of allylic oxidation sites excluding steroid dienone is 1. The number of aliphatic carboxylic acids is 1. The molecule has 2 N–H and O–H groups in total. The van der Waals surface area contributed by atoms with Crippen molar-refractivity contribution >= 4 is 5.97 Å². The second-order valence-corrected chi connectivity index (χ2v) is 2.57. The van der Waals surface area contributed by atoms with Crippen molar-refractivity contribution in [1.29, 1.82) is 0 Å². The minimum absolute atomic E-state index is 0.235. The summed E-state index contributed by atoms with van der Waals surface area (Å²) in [7, 11) is 0. The molecule has 0 amide bonds. The van der Waals surface area contributed by atoms with Gasteiger partial charge < -0.3 is 10.4 Å². The van der Waals surface area contributed by atoms with Gasteiger partial charge in [-0.3, -0.25) is 4.79 Å². The van der Waals surface area contributed by atoms with Crippen LogP contribution in [-0.4, -0.2) is 23.7 Å². The summed E-state index contributed by atoms with van der Waals surface area (Å²) in [5.41, 5.74) is 0. The molecule has 0 unspecified atom stereocenters. The standard InChI is InChI=1S/C8H13NO2/c1-2-3-6-4-7(8(10)11)9-5-6/h2-3,6-7,9H,4-5H2,1H3,(H,10,11)/b3-2-/t6-,7-/m0/s1/i2D,6D. The molecule has 0 aromatic heterocycles. The molecule has 1 aliphatic rings. The van der Waals surface area contributed by atoms with E-state index in [1.54, 1.807) is 6.92 Å². The van der Waals surface area contributed by atoms with Crippen molar-refractivity contribution in [1.82, 2.24) is 5.32 Å². The third kappa shape index (κ3) is 2.05. The van der Waals surface area contributed by atoms with Gasteiger partial charge in [0.2, 0.25) is 0 Å². The Hall–Kier alpha value is -0.830. The molecular weight excluding hydrogens is 142 g/mol. The smallest absolute Gasteiger partial charge is 0.320 e. The number of carboxylic acid groups (broad SMARTS) is 1. The maximum Gasteiger partial charge on any atom is 0.320 e.